The molecule has 0 aliphatic carbocycles. The molecule has 27 heavy (non-hydrogen) atoms. The van der Waals surface area contributed by atoms with Gasteiger partial charge < -0.3 is 15.2 Å². The molecule has 1 amide bonds. The van der Waals surface area contributed by atoms with Crippen LogP contribution >= 0.6 is 0 Å². The van der Waals surface area contributed by atoms with Crippen LogP contribution in [0.1, 0.15) is 39.4 Å². The average Bonchev–Trinajstić information content (AvgIpc) is 2.96. The number of hydrogen-bond acceptors (Lipinski definition) is 3. The third-order valence-corrected chi connectivity index (χ3v) is 5.38. The van der Waals surface area contributed by atoms with Gasteiger partial charge in [0.05, 0.1) is 17.8 Å². The second-order valence-electron chi connectivity index (χ2n) is 7.10. The third kappa shape index (κ3) is 3.10. The maximum atomic E-state index is 13.4. The topological polar surface area (TPSA) is 64.2 Å². The fourth-order valence-electron chi connectivity index (χ4n) is 3.92. The summed E-state index contributed by atoms with van der Waals surface area (Å²) in [5.74, 6) is 0.0434. The summed E-state index contributed by atoms with van der Waals surface area (Å²) in [7, 11) is 0. The summed E-state index contributed by atoms with van der Waals surface area (Å²) in [6.07, 6.45) is 3.65. The molecule has 3 aromatic rings. The zero-order chi connectivity index (χ0) is 19.0. The summed E-state index contributed by atoms with van der Waals surface area (Å²) in [6, 6.07) is 13.7. The number of aromatic nitrogens is 2. The minimum Gasteiger partial charge on any atom is -0.398 e. The van der Waals surface area contributed by atoms with Crippen molar-refractivity contribution in [1.82, 2.24) is 9.55 Å². The molecule has 4 rings (SSSR count). The predicted octanol–water partition coefficient (Wildman–Crippen LogP) is 3.72. The van der Waals surface area contributed by atoms with Crippen LogP contribution in [-0.2, 0) is 13.0 Å². The molecule has 2 N–H and O–H groups in total. The van der Waals surface area contributed by atoms with Gasteiger partial charge in [0, 0.05) is 35.5 Å². The number of benzene rings is 1. The van der Waals surface area contributed by atoms with Crippen LogP contribution in [0.4, 0.5) is 11.4 Å². The first kappa shape index (κ1) is 17.3. The molecule has 0 radical (unpaired) electrons. The molecule has 0 atom stereocenters. The van der Waals surface area contributed by atoms with Gasteiger partial charge in [-0.25, -0.2) is 0 Å². The molecular weight excluding hydrogens is 336 g/mol. The van der Waals surface area contributed by atoms with Crippen LogP contribution in [0.25, 0.3) is 0 Å². The lowest BCUT2D eigenvalue weighted by atomic mass is 9.99. The van der Waals surface area contributed by atoms with Crippen LogP contribution < -0.4 is 10.6 Å². The number of amides is 1. The summed E-state index contributed by atoms with van der Waals surface area (Å²) in [6.45, 7) is 5.43. The Balaban J connectivity index is 1.68. The Hall–Kier alpha value is -3.08. The first-order chi connectivity index (χ1) is 13.1. The summed E-state index contributed by atoms with van der Waals surface area (Å²) in [5, 5.41) is 0. The van der Waals surface area contributed by atoms with Crippen molar-refractivity contribution in [3.05, 3.63) is 76.9 Å². The van der Waals surface area contributed by atoms with Gasteiger partial charge in [0.2, 0.25) is 0 Å². The molecule has 138 valence electrons. The Bertz CT molecular complexity index is 991. The molecule has 0 saturated carbocycles. The molecule has 1 aromatic carbocycles. The Labute approximate surface area is 159 Å². The number of carbonyl (C=O) groups is 1. The van der Waals surface area contributed by atoms with Crippen molar-refractivity contribution in [2.45, 2.75) is 33.2 Å². The number of rotatable bonds is 3. The number of fused-ring (bicyclic) bond motifs is 1. The quantitative estimate of drug-likeness (QED) is 0.724. The summed E-state index contributed by atoms with van der Waals surface area (Å²) in [5.41, 5.74) is 12.7. The number of aryl methyl sites for hydroxylation is 1. The molecule has 2 aromatic heterocycles. The van der Waals surface area contributed by atoms with Crippen molar-refractivity contribution < 1.29 is 4.79 Å². The van der Waals surface area contributed by atoms with Crippen molar-refractivity contribution in [3.63, 3.8) is 0 Å². The fourth-order valence-corrected chi connectivity index (χ4v) is 3.92. The molecule has 1 aliphatic heterocycles. The van der Waals surface area contributed by atoms with Gasteiger partial charge in [-0.1, -0.05) is 12.1 Å². The van der Waals surface area contributed by atoms with Crippen molar-refractivity contribution in [3.8, 4) is 0 Å². The van der Waals surface area contributed by atoms with E-state index in [2.05, 4.69) is 9.55 Å². The molecule has 1 aliphatic rings. The van der Waals surface area contributed by atoms with E-state index in [0.29, 0.717) is 6.54 Å². The van der Waals surface area contributed by atoms with Crippen molar-refractivity contribution in [1.29, 1.82) is 0 Å². The molecule has 3 heterocycles. The molecule has 0 unspecified atom stereocenters. The Kier molecular flexibility index (Phi) is 4.44. The highest BCUT2D eigenvalue weighted by Crippen LogP contribution is 2.33. The minimum atomic E-state index is 0.0434. The predicted molar refractivity (Wildman–Crippen MR) is 108 cm³/mol. The maximum Gasteiger partial charge on any atom is 0.260 e. The second-order valence-corrected chi connectivity index (χ2v) is 7.10. The van der Waals surface area contributed by atoms with Crippen LogP contribution in [0.2, 0.25) is 0 Å². The lowest BCUT2D eigenvalue weighted by Gasteiger charge is -2.30. The maximum absolute atomic E-state index is 13.4. The summed E-state index contributed by atoms with van der Waals surface area (Å²) < 4.78 is 2.15. The monoisotopic (exact) mass is 360 g/mol. The zero-order valence-corrected chi connectivity index (χ0v) is 15.8. The number of nitrogen functional groups attached to an aromatic ring is 1. The molecule has 5 nitrogen and oxygen atoms in total. The third-order valence-electron chi connectivity index (χ3n) is 5.38. The van der Waals surface area contributed by atoms with Crippen LogP contribution in [0.5, 0.6) is 0 Å². The van der Waals surface area contributed by atoms with E-state index >= 15 is 0 Å². The fraction of sp³-hybridized carbons (Fsp3) is 0.273. The largest absolute Gasteiger partial charge is 0.398 e. The van der Waals surface area contributed by atoms with E-state index in [-0.39, 0.29) is 5.91 Å². The average molecular weight is 360 g/mol. The Morgan fingerprint density at radius 3 is 2.81 bits per heavy atom. The van der Waals surface area contributed by atoms with E-state index in [1.54, 1.807) is 6.20 Å². The molecular formula is C22H24N4O. The van der Waals surface area contributed by atoms with Crippen LogP contribution in [0, 0.1) is 13.8 Å². The molecule has 0 bridgehead atoms. The van der Waals surface area contributed by atoms with Gasteiger partial charge in [-0.3, -0.25) is 9.78 Å². The number of nitrogens with zero attached hydrogens (tertiary/aromatic N) is 3. The van der Waals surface area contributed by atoms with Gasteiger partial charge in [0.1, 0.15) is 0 Å². The first-order valence-corrected chi connectivity index (χ1v) is 9.32. The van der Waals surface area contributed by atoms with Gasteiger partial charge in [-0.05, 0) is 62.6 Å². The van der Waals surface area contributed by atoms with Crippen LogP contribution in [0.15, 0.2) is 48.7 Å². The number of carbonyl (C=O) groups excluding carboxylic acids is 1. The van der Waals surface area contributed by atoms with E-state index in [4.69, 9.17) is 5.73 Å². The van der Waals surface area contributed by atoms with E-state index in [0.717, 1.165) is 59.0 Å². The van der Waals surface area contributed by atoms with E-state index in [1.807, 2.05) is 61.2 Å². The van der Waals surface area contributed by atoms with Gasteiger partial charge in [0.15, 0.2) is 0 Å². The SMILES string of the molecule is Cc1cc(C(=O)N2CCCc3c(N)cccc32)c(C)n1Cc1ccccn1. The Morgan fingerprint density at radius 2 is 2.04 bits per heavy atom. The van der Waals surface area contributed by atoms with Crippen molar-refractivity contribution >= 4 is 17.3 Å². The van der Waals surface area contributed by atoms with Crippen molar-refractivity contribution in [2.24, 2.45) is 0 Å². The van der Waals surface area contributed by atoms with Crippen molar-refractivity contribution in [2.75, 3.05) is 17.2 Å². The van der Waals surface area contributed by atoms with E-state index in [1.165, 1.54) is 0 Å². The molecule has 0 spiro atoms. The Morgan fingerprint density at radius 1 is 1.19 bits per heavy atom. The summed E-state index contributed by atoms with van der Waals surface area (Å²) >= 11 is 0. The highest BCUT2D eigenvalue weighted by atomic mass is 16.2. The first-order valence-electron chi connectivity index (χ1n) is 9.32. The zero-order valence-electron chi connectivity index (χ0n) is 15.8. The van der Waals surface area contributed by atoms with E-state index < -0.39 is 0 Å². The molecule has 5 heteroatoms. The number of anilines is 2. The molecule has 0 saturated heterocycles. The van der Waals surface area contributed by atoms with E-state index in [9.17, 15) is 4.79 Å². The smallest absolute Gasteiger partial charge is 0.260 e. The molecule has 0 fully saturated rings. The standard InChI is InChI=1S/C22H24N4O/c1-15-13-19(16(2)26(15)14-17-7-3-4-11-24-17)22(27)25-12-6-8-18-20(23)9-5-10-21(18)25/h3-5,7,9-11,13H,6,8,12,14,23H2,1-2H3. The van der Waals surface area contributed by atoms with Gasteiger partial charge in [-0.15, -0.1) is 0 Å². The number of hydrogen-bond donors (Lipinski definition) is 1. The number of pyridine rings is 1. The minimum absolute atomic E-state index is 0.0434. The second kappa shape index (κ2) is 6.91. The van der Waals surface area contributed by atoms with Gasteiger partial charge >= 0.3 is 0 Å². The van der Waals surface area contributed by atoms with Gasteiger partial charge in [-0.2, -0.15) is 0 Å². The van der Waals surface area contributed by atoms with Gasteiger partial charge in [0.25, 0.3) is 5.91 Å². The lowest BCUT2D eigenvalue weighted by molar-refractivity contribution is 0.0984. The lowest BCUT2D eigenvalue weighted by Crippen LogP contribution is -2.36. The number of nitrogens with two attached hydrogens (primary N) is 1. The summed E-state index contributed by atoms with van der Waals surface area (Å²) in [4.78, 5) is 19.7. The van der Waals surface area contributed by atoms with Crippen LogP contribution in [-0.4, -0.2) is 22.0 Å². The highest BCUT2D eigenvalue weighted by Gasteiger charge is 2.27. The van der Waals surface area contributed by atoms with Crippen LogP contribution in [0.3, 0.4) is 0 Å². The normalized spacial score (nSPS) is 13.5. The highest BCUT2D eigenvalue weighted by molar-refractivity contribution is 6.08.